The van der Waals surface area contributed by atoms with E-state index in [9.17, 15) is 0 Å². The van der Waals surface area contributed by atoms with Crippen molar-refractivity contribution in [2.45, 2.75) is 26.4 Å². The molecule has 0 spiro atoms. The SMILES string of the molecule is CC(C)NCCNCc1cnc[nH]1. The van der Waals surface area contributed by atoms with E-state index in [0.717, 1.165) is 25.3 Å². The number of hydrogen-bond acceptors (Lipinski definition) is 3. The maximum Gasteiger partial charge on any atom is 0.0922 e. The summed E-state index contributed by atoms with van der Waals surface area (Å²) < 4.78 is 0. The van der Waals surface area contributed by atoms with Gasteiger partial charge in [-0.05, 0) is 0 Å². The van der Waals surface area contributed by atoms with Gasteiger partial charge in [0, 0.05) is 37.6 Å². The first kappa shape index (κ1) is 10.2. The molecule has 0 atom stereocenters. The van der Waals surface area contributed by atoms with Crippen molar-refractivity contribution in [1.29, 1.82) is 0 Å². The summed E-state index contributed by atoms with van der Waals surface area (Å²) in [6.07, 6.45) is 3.53. The highest BCUT2D eigenvalue weighted by Crippen LogP contribution is 1.87. The zero-order valence-corrected chi connectivity index (χ0v) is 8.30. The van der Waals surface area contributed by atoms with Crippen LogP contribution in [-0.2, 0) is 6.54 Å². The normalized spacial score (nSPS) is 11.0. The minimum Gasteiger partial charge on any atom is -0.347 e. The van der Waals surface area contributed by atoms with E-state index in [0.29, 0.717) is 6.04 Å². The minimum atomic E-state index is 0.564. The summed E-state index contributed by atoms with van der Waals surface area (Å²) in [5.41, 5.74) is 1.13. The molecule has 0 aliphatic rings. The van der Waals surface area contributed by atoms with Crippen LogP contribution in [0.5, 0.6) is 0 Å². The van der Waals surface area contributed by atoms with Gasteiger partial charge in [-0.15, -0.1) is 0 Å². The molecule has 0 aromatic carbocycles. The molecule has 3 N–H and O–H groups in total. The molecule has 0 saturated heterocycles. The maximum absolute atomic E-state index is 3.94. The van der Waals surface area contributed by atoms with E-state index in [-0.39, 0.29) is 0 Å². The van der Waals surface area contributed by atoms with Crippen LogP contribution in [0.25, 0.3) is 0 Å². The average molecular weight is 182 g/mol. The van der Waals surface area contributed by atoms with E-state index >= 15 is 0 Å². The van der Waals surface area contributed by atoms with E-state index in [1.165, 1.54) is 0 Å². The Morgan fingerprint density at radius 1 is 1.46 bits per heavy atom. The fourth-order valence-electron chi connectivity index (χ4n) is 1.05. The zero-order chi connectivity index (χ0) is 9.52. The molecule has 4 heteroatoms. The summed E-state index contributed by atoms with van der Waals surface area (Å²) in [6, 6.07) is 0.564. The highest BCUT2D eigenvalue weighted by molar-refractivity contribution is 4.92. The van der Waals surface area contributed by atoms with Crippen molar-refractivity contribution >= 4 is 0 Å². The predicted molar refractivity (Wildman–Crippen MR) is 53.4 cm³/mol. The molecule has 74 valence electrons. The molecule has 1 aromatic heterocycles. The molecule has 1 heterocycles. The minimum absolute atomic E-state index is 0.564. The van der Waals surface area contributed by atoms with Crippen molar-refractivity contribution < 1.29 is 0 Å². The van der Waals surface area contributed by atoms with Crippen LogP contribution in [0.4, 0.5) is 0 Å². The third kappa shape index (κ3) is 4.65. The number of nitrogens with zero attached hydrogens (tertiary/aromatic N) is 1. The summed E-state index contributed by atoms with van der Waals surface area (Å²) in [4.78, 5) is 6.98. The van der Waals surface area contributed by atoms with Crippen LogP contribution in [0.2, 0.25) is 0 Å². The summed E-state index contributed by atoms with van der Waals surface area (Å²) in [5, 5.41) is 6.65. The molecular weight excluding hydrogens is 164 g/mol. The van der Waals surface area contributed by atoms with Crippen molar-refractivity contribution in [2.24, 2.45) is 0 Å². The maximum atomic E-state index is 3.94. The van der Waals surface area contributed by atoms with Gasteiger partial charge in [-0.1, -0.05) is 13.8 Å². The topological polar surface area (TPSA) is 52.7 Å². The van der Waals surface area contributed by atoms with Crippen LogP contribution in [-0.4, -0.2) is 29.1 Å². The monoisotopic (exact) mass is 182 g/mol. The predicted octanol–water partition coefficient (Wildman–Crippen LogP) is 0.497. The lowest BCUT2D eigenvalue weighted by Crippen LogP contribution is -2.31. The lowest BCUT2D eigenvalue weighted by Gasteiger charge is -2.07. The third-order valence-electron chi connectivity index (χ3n) is 1.72. The van der Waals surface area contributed by atoms with Gasteiger partial charge in [-0.2, -0.15) is 0 Å². The molecule has 0 amide bonds. The first-order valence-corrected chi connectivity index (χ1v) is 4.70. The van der Waals surface area contributed by atoms with Crippen molar-refractivity contribution in [3.05, 3.63) is 18.2 Å². The molecular formula is C9H18N4. The van der Waals surface area contributed by atoms with Crippen molar-refractivity contribution in [1.82, 2.24) is 20.6 Å². The molecule has 0 unspecified atom stereocenters. The average Bonchev–Trinajstić information content (AvgIpc) is 2.55. The summed E-state index contributed by atoms with van der Waals surface area (Å²) >= 11 is 0. The van der Waals surface area contributed by atoms with E-state index in [2.05, 4.69) is 34.4 Å². The Kier molecular flexibility index (Phi) is 4.49. The lowest BCUT2D eigenvalue weighted by atomic mass is 10.4. The fraction of sp³-hybridized carbons (Fsp3) is 0.667. The van der Waals surface area contributed by atoms with Crippen LogP contribution in [0.15, 0.2) is 12.5 Å². The smallest absolute Gasteiger partial charge is 0.0922 e. The van der Waals surface area contributed by atoms with Gasteiger partial charge in [0.1, 0.15) is 0 Å². The Hall–Kier alpha value is -0.870. The standard InChI is InChI=1S/C9H18N4/c1-8(2)12-4-3-10-5-9-6-11-7-13-9/h6-8,10,12H,3-5H2,1-2H3,(H,11,13). The van der Waals surface area contributed by atoms with E-state index in [4.69, 9.17) is 0 Å². The Bertz CT molecular complexity index is 205. The van der Waals surface area contributed by atoms with Gasteiger partial charge in [0.2, 0.25) is 0 Å². The van der Waals surface area contributed by atoms with Gasteiger partial charge in [-0.3, -0.25) is 0 Å². The first-order valence-electron chi connectivity index (χ1n) is 4.70. The first-order chi connectivity index (χ1) is 6.29. The van der Waals surface area contributed by atoms with Crippen LogP contribution in [0.3, 0.4) is 0 Å². The van der Waals surface area contributed by atoms with E-state index in [1.807, 2.05) is 6.20 Å². The zero-order valence-electron chi connectivity index (χ0n) is 8.30. The molecule has 1 aromatic rings. The van der Waals surface area contributed by atoms with Crippen molar-refractivity contribution in [2.75, 3.05) is 13.1 Å². The molecule has 0 aliphatic carbocycles. The quantitative estimate of drug-likeness (QED) is 0.561. The Balaban J connectivity index is 1.96. The molecule has 0 aliphatic heterocycles. The van der Waals surface area contributed by atoms with Crippen LogP contribution in [0.1, 0.15) is 19.5 Å². The third-order valence-corrected chi connectivity index (χ3v) is 1.72. The summed E-state index contributed by atoms with van der Waals surface area (Å²) in [5.74, 6) is 0. The molecule has 0 fully saturated rings. The Labute approximate surface area is 79.1 Å². The summed E-state index contributed by atoms with van der Waals surface area (Å²) in [6.45, 7) is 7.15. The lowest BCUT2D eigenvalue weighted by molar-refractivity contribution is 0.554. The number of aromatic nitrogens is 2. The van der Waals surface area contributed by atoms with Gasteiger partial charge in [-0.25, -0.2) is 4.98 Å². The second kappa shape index (κ2) is 5.72. The van der Waals surface area contributed by atoms with Crippen LogP contribution in [0, 0.1) is 0 Å². The molecule has 0 saturated carbocycles. The van der Waals surface area contributed by atoms with Gasteiger partial charge in [0.25, 0.3) is 0 Å². The van der Waals surface area contributed by atoms with Gasteiger partial charge < -0.3 is 15.6 Å². The van der Waals surface area contributed by atoms with Crippen LogP contribution < -0.4 is 10.6 Å². The van der Waals surface area contributed by atoms with Gasteiger partial charge in [0.15, 0.2) is 0 Å². The number of hydrogen-bond donors (Lipinski definition) is 3. The van der Waals surface area contributed by atoms with Crippen molar-refractivity contribution in [3.63, 3.8) is 0 Å². The second-order valence-electron chi connectivity index (χ2n) is 3.36. The number of aromatic amines is 1. The molecule has 1 rings (SSSR count). The number of imidazole rings is 1. The highest BCUT2D eigenvalue weighted by atomic mass is 15.0. The number of rotatable bonds is 6. The van der Waals surface area contributed by atoms with Crippen LogP contribution >= 0.6 is 0 Å². The van der Waals surface area contributed by atoms with Gasteiger partial charge >= 0.3 is 0 Å². The van der Waals surface area contributed by atoms with E-state index < -0.39 is 0 Å². The molecule has 0 bridgehead atoms. The number of nitrogens with one attached hydrogen (secondary N) is 3. The fourth-order valence-corrected chi connectivity index (χ4v) is 1.05. The summed E-state index contributed by atoms with van der Waals surface area (Å²) in [7, 11) is 0. The number of H-pyrrole nitrogens is 1. The van der Waals surface area contributed by atoms with Crippen molar-refractivity contribution in [3.8, 4) is 0 Å². The Morgan fingerprint density at radius 2 is 2.31 bits per heavy atom. The Morgan fingerprint density at radius 3 is 2.92 bits per heavy atom. The molecule has 13 heavy (non-hydrogen) atoms. The van der Waals surface area contributed by atoms with E-state index in [1.54, 1.807) is 6.33 Å². The highest BCUT2D eigenvalue weighted by Gasteiger charge is 1.93. The largest absolute Gasteiger partial charge is 0.347 e. The molecule has 0 radical (unpaired) electrons. The second-order valence-corrected chi connectivity index (χ2v) is 3.36. The molecule has 4 nitrogen and oxygen atoms in total. The van der Waals surface area contributed by atoms with Gasteiger partial charge in [0.05, 0.1) is 6.33 Å².